The maximum atomic E-state index is 13.5. The van der Waals surface area contributed by atoms with Gasteiger partial charge in [0.25, 0.3) is 0 Å². The second kappa shape index (κ2) is 6.35. The molecule has 0 bridgehead atoms. The quantitative estimate of drug-likeness (QED) is 0.864. The van der Waals surface area contributed by atoms with Gasteiger partial charge in [-0.25, -0.2) is 4.39 Å². The molecule has 5 nitrogen and oxygen atoms in total. The molecule has 1 aliphatic heterocycles. The van der Waals surface area contributed by atoms with Gasteiger partial charge >= 0.3 is 0 Å². The molecular weight excluding hydrogens is 261 g/mol. The Hall–Kier alpha value is -2.13. The van der Waals surface area contributed by atoms with Crippen LogP contribution in [-0.4, -0.2) is 41.7 Å². The van der Waals surface area contributed by atoms with E-state index in [1.807, 2.05) is 0 Å². The first-order chi connectivity index (χ1) is 9.67. The maximum absolute atomic E-state index is 13.5. The normalized spacial score (nSPS) is 18.8. The molecule has 1 saturated heterocycles. The second-order valence-corrected chi connectivity index (χ2v) is 4.66. The van der Waals surface area contributed by atoms with E-state index < -0.39 is 11.9 Å². The Labute approximate surface area is 116 Å². The van der Waals surface area contributed by atoms with Gasteiger partial charge in [0.2, 0.25) is 5.91 Å². The van der Waals surface area contributed by atoms with E-state index in [9.17, 15) is 9.18 Å². The van der Waals surface area contributed by atoms with Crippen molar-refractivity contribution in [2.45, 2.75) is 18.9 Å². The van der Waals surface area contributed by atoms with Gasteiger partial charge in [0.15, 0.2) is 0 Å². The fraction of sp³-hybridized carbons (Fsp3) is 0.429. The molecule has 1 fully saturated rings. The Morgan fingerprint density at radius 1 is 1.55 bits per heavy atom. The van der Waals surface area contributed by atoms with Crippen LogP contribution in [0.2, 0.25) is 0 Å². The number of halogens is 1. The molecule has 0 unspecified atom stereocenters. The summed E-state index contributed by atoms with van der Waals surface area (Å²) >= 11 is 0. The van der Waals surface area contributed by atoms with Gasteiger partial charge in [-0.05, 0) is 25.0 Å². The molecule has 0 saturated carbocycles. The van der Waals surface area contributed by atoms with Crippen LogP contribution in [0.25, 0.3) is 0 Å². The first-order valence-electron chi connectivity index (χ1n) is 6.52. The van der Waals surface area contributed by atoms with Gasteiger partial charge in [0.1, 0.15) is 23.5 Å². The number of rotatable bonds is 4. The Morgan fingerprint density at radius 2 is 2.35 bits per heavy atom. The van der Waals surface area contributed by atoms with Gasteiger partial charge in [-0.15, -0.1) is 0 Å². The van der Waals surface area contributed by atoms with Gasteiger partial charge in [-0.1, -0.05) is 6.07 Å². The molecule has 106 valence electrons. The largest absolute Gasteiger partial charge is 0.395 e. The van der Waals surface area contributed by atoms with Crippen LogP contribution in [0, 0.1) is 17.1 Å². The zero-order chi connectivity index (χ0) is 14.5. The van der Waals surface area contributed by atoms with Gasteiger partial charge < -0.3 is 15.3 Å². The van der Waals surface area contributed by atoms with Crippen molar-refractivity contribution in [1.29, 1.82) is 5.26 Å². The molecular formula is C14H16FN3O2. The first-order valence-corrected chi connectivity index (χ1v) is 6.52. The zero-order valence-electron chi connectivity index (χ0n) is 11.0. The van der Waals surface area contributed by atoms with Crippen molar-refractivity contribution in [2.24, 2.45) is 0 Å². The summed E-state index contributed by atoms with van der Waals surface area (Å²) in [5.74, 6) is -0.730. The first kappa shape index (κ1) is 14.3. The molecule has 1 aromatic rings. The summed E-state index contributed by atoms with van der Waals surface area (Å²) in [6.07, 6.45) is 1.43. The maximum Gasteiger partial charge on any atom is 0.245 e. The van der Waals surface area contributed by atoms with Crippen molar-refractivity contribution in [3.05, 3.63) is 29.6 Å². The van der Waals surface area contributed by atoms with E-state index in [0.29, 0.717) is 25.2 Å². The van der Waals surface area contributed by atoms with Gasteiger partial charge in [-0.2, -0.15) is 5.26 Å². The third-order valence-corrected chi connectivity index (χ3v) is 3.36. The van der Waals surface area contributed by atoms with E-state index in [1.165, 1.54) is 12.1 Å². The number of piperidine rings is 1. The number of β-amino-alcohol motifs (C(OH)–C–C–N with tert-alkyl or cyclic N) is 1. The highest BCUT2D eigenvalue weighted by atomic mass is 19.1. The number of amides is 1. The van der Waals surface area contributed by atoms with Crippen molar-refractivity contribution >= 4 is 11.6 Å². The number of aliphatic hydroxyl groups is 1. The highest BCUT2D eigenvalue weighted by molar-refractivity contribution is 5.86. The number of nitrogens with one attached hydrogen (secondary N) is 1. The standard InChI is InChI=1S/C14H16FN3O2/c15-11-3-1-4-12(10(11)9-16)17-13-5-2-6-18(7-8-19)14(13)20/h1,3-4,13,17,19H,2,5-8H2/t13-/m1/s1. The number of anilines is 1. The minimum Gasteiger partial charge on any atom is -0.395 e. The van der Waals surface area contributed by atoms with E-state index in [0.717, 1.165) is 6.42 Å². The number of benzene rings is 1. The van der Waals surface area contributed by atoms with Crippen molar-refractivity contribution in [2.75, 3.05) is 25.0 Å². The zero-order valence-corrected chi connectivity index (χ0v) is 11.0. The lowest BCUT2D eigenvalue weighted by molar-refractivity contribution is -0.134. The Balaban J connectivity index is 2.16. The number of nitriles is 1. The molecule has 0 aliphatic carbocycles. The number of carbonyl (C=O) groups excluding carboxylic acids is 1. The van der Waals surface area contributed by atoms with Gasteiger partial charge in [0, 0.05) is 13.1 Å². The smallest absolute Gasteiger partial charge is 0.245 e. The van der Waals surface area contributed by atoms with Crippen molar-refractivity contribution < 1.29 is 14.3 Å². The molecule has 20 heavy (non-hydrogen) atoms. The number of likely N-dealkylation sites (tertiary alicyclic amines) is 1. The van der Waals surface area contributed by atoms with Crippen molar-refractivity contribution in [3.8, 4) is 6.07 Å². The van der Waals surface area contributed by atoms with E-state index in [-0.39, 0.29) is 18.1 Å². The summed E-state index contributed by atoms with van der Waals surface area (Å²) in [7, 11) is 0. The molecule has 1 atom stereocenters. The summed E-state index contributed by atoms with van der Waals surface area (Å²) in [4.78, 5) is 13.8. The highest BCUT2D eigenvalue weighted by Gasteiger charge is 2.28. The van der Waals surface area contributed by atoms with Gasteiger partial charge in [-0.3, -0.25) is 4.79 Å². The monoisotopic (exact) mass is 277 g/mol. The molecule has 2 rings (SSSR count). The minimum absolute atomic E-state index is 0.0815. The van der Waals surface area contributed by atoms with E-state index in [2.05, 4.69) is 5.32 Å². The van der Waals surface area contributed by atoms with Crippen LogP contribution in [0.5, 0.6) is 0 Å². The number of hydrogen-bond acceptors (Lipinski definition) is 4. The predicted molar refractivity (Wildman–Crippen MR) is 71.4 cm³/mol. The minimum atomic E-state index is -0.604. The van der Waals surface area contributed by atoms with Gasteiger partial charge in [0.05, 0.1) is 12.3 Å². The van der Waals surface area contributed by atoms with Crippen LogP contribution < -0.4 is 5.32 Å². The third-order valence-electron chi connectivity index (χ3n) is 3.36. The van der Waals surface area contributed by atoms with Crippen LogP contribution in [-0.2, 0) is 4.79 Å². The fourth-order valence-corrected chi connectivity index (χ4v) is 2.36. The van der Waals surface area contributed by atoms with Crippen LogP contribution in [0.1, 0.15) is 18.4 Å². The van der Waals surface area contributed by atoms with E-state index in [1.54, 1.807) is 17.0 Å². The summed E-state index contributed by atoms with van der Waals surface area (Å²) in [6.45, 7) is 0.832. The van der Waals surface area contributed by atoms with Crippen LogP contribution in [0.15, 0.2) is 18.2 Å². The lowest BCUT2D eigenvalue weighted by atomic mass is 10.0. The Bertz CT molecular complexity index is 540. The lowest BCUT2D eigenvalue weighted by Crippen LogP contribution is -2.48. The molecule has 2 N–H and O–H groups in total. The third kappa shape index (κ3) is 2.89. The molecule has 0 aromatic heterocycles. The summed E-state index contributed by atoms with van der Waals surface area (Å²) in [5, 5.41) is 20.8. The molecule has 1 amide bonds. The molecule has 1 aliphatic rings. The predicted octanol–water partition coefficient (Wildman–Crippen LogP) is 1.09. The number of nitrogens with zero attached hydrogens (tertiary/aromatic N) is 2. The van der Waals surface area contributed by atoms with Crippen LogP contribution in [0.3, 0.4) is 0 Å². The van der Waals surface area contributed by atoms with E-state index >= 15 is 0 Å². The number of hydrogen-bond donors (Lipinski definition) is 2. The lowest BCUT2D eigenvalue weighted by Gasteiger charge is -2.32. The molecule has 6 heteroatoms. The molecule has 1 aromatic carbocycles. The Kier molecular flexibility index (Phi) is 4.53. The summed E-state index contributed by atoms with van der Waals surface area (Å²) in [5.41, 5.74) is 0.247. The van der Waals surface area contributed by atoms with Crippen LogP contribution in [0.4, 0.5) is 10.1 Å². The Morgan fingerprint density at radius 3 is 3.05 bits per heavy atom. The highest BCUT2D eigenvalue weighted by Crippen LogP contribution is 2.22. The fourth-order valence-electron chi connectivity index (χ4n) is 2.36. The van der Waals surface area contributed by atoms with Crippen molar-refractivity contribution in [1.82, 2.24) is 4.90 Å². The second-order valence-electron chi connectivity index (χ2n) is 4.66. The van der Waals surface area contributed by atoms with Crippen molar-refractivity contribution in [3.63, 3.8) is 0 Å². The topological polar surface area (TPSA) is 76.4 Å². The average molecular weight is 277 g/mol. The van der Waals surface area contributed by atoms with Crippen LogP contribution >= 0.6 is 0 Å². The number of aliphatic hydroxyl groups excluding tert-OH is 1. The molecule has 1 heterocycles. The van der Waals surface area contributed by atoms with E-state index in [4.69, 9.17) is 10.4 Å². The number of carbonyl (C=O) groups is 1. The summed E-state index contributed by atoms with van der Waals surface area (Å²) in [6, 6.07) is 5.61. The summed E-state index contributed by atoms with van der Waals surface area (Å²) < 4.78 is 13.5. The molecule has 0 radical (unpaired) electrons. The molecule has 0 spiro atoms. The SMILES string of the molecule is N#Cc1c(F)cccc1N[C@@H]1CCCN(CCO)C1=O. The average Bonchev–Trinajstić information content (AvgIpc) is 2.44.